The maximum absolute atomic E-state index is 12.1. The standard InChI is InChI=1S/C11H10F3NO3S/c1-10(2,7-15)8-3-5-9(6-4-8)18-19(16,17)11(12,13)14/h3-6H,1-2H3. The molecule has 0 heterocycles. The van der Waals surface area contributed by atoms with Gasteiger partial charge in [0.15, 0.2) is 0 Å². The van der Waals surface area contributed by atoms with E-state index >= 15 is 0 Å². The molecule has 0 amide bonds. The van der Waals surface area contributed by atoms with Gasteiger partial charge in [0.05, 0.1) is 11.5 Å². The van der Waals surface area contributed by atoms with Crippen molar-refractivity contribution in [3.63, 3.8) is 0 Å². The van der Waals surface area contributed by atoms with Crippen LogP contribution in [0, 0.1) is 11.3 Å². The van der Waals surface area contributed by atoms with Gasteiger partial charge in [-0.2, -0.15) is 26.9 Å². The summed E-state index contributed by atoms with van der Waals surface area (Å²) < 4.78 is 61.7. The van der Waals surface area contributed by atoms with E-state index in [1.165, 1.54) is 12.1 Å². The number of benzene rings is 1. The van der Waals surface area contributed by atoms with Crippen LogP contribution in [0.15, 0.2) is 24.3 Å². The van der Waals surface area contributed by atoms with Gasteiger partial charge in [-0.15, -0.1) is 0 Å². The van der Waals surface area contributed by atoms with Gasteiger partial charge in [0.1, 0.15) is 5.75 Å². The minimum absolute atomic E-state index is 0.463. The largest absolute Gasteiger partial charge is 0.534 e. The Bertz CT molecular complexity index is 598. The molecular weight excluding hydrogens is 283 g/mol. The molecule has 0 aromatic heterocycles. The minimum atomic E-state index is -5.67. The average molecular weight is 293 g/mol. The van der Waals surface area contributed by atoms with Crippen molar-refractivity contribution in [2.45, 2.75) is 24.8 Å². The molecule has 0 fully saturated rings. The van der Waals surface area contributed by atoms with E-state index < -0.39 is 26.8 Å². The van der Waals surface area contributed by atoms with Crippen LogP contribution in [-0.2, 0) is 15.5 Å². The highest BCUT2D eigenvalue weighted by molar-refractivity contribution is 7.87. The number of hydrogen-bond donors (Lipinski definition) is 0. The van der Waals surface area contributed by atoms with Gasteiger partial charge in [-0.1, -0.05) is 12.1 Å². The second-order valence-corrected chi connectivity index (χ2v) is 5.78. The third kappa shape index (κ3) is 3.38. The number of hydrogen-bond acceptors (Lipinski definition) is 4. The van der Waals surface area contributed by atoms with Crippen LogP contribution in [-0.4, -0.2) is 13.9 Å². The second kappa shape index (κ2) is 4.74. The Morgan fingerprint density at radius 3 is 2.00 bits per heavy atom. The molecule has 0 aliphatic rings. The third-order valence-electron chi connectivity index (χ3n) is 2.34. The molecule has 1 aromatic rings. The zero-order valence-electron chi connectivity index (χ0n) is 10.0. The lowest BCUT2D eigenvalue weighted by Gasteiger charge is -2.16. The molecule has 0 spiro atoms. The zero-order valence-corrected chi connectivity index (χ0v) is 10.8. The van der Waals surface area contributed by atoms with Crippen molar-refractivity contribution in [3.8, 4) is 11.8 Å². The molecule has 0 N–H and O–H groups in total. The Labute approximate surface area is 108 Å². The molecule has 0 bridgehead atoms. The summed E-state index contributed by atoms with van der Waals surface area (Å²) in [5.74, 6) is -0.463. The van der Waals surface area contributed by atoms with Crippen LogP contribution in [0.5, 0.6) is 5.75 Å². The van der Waals surface area contributed by atoms with Gasteiger partial charge in [-0.3, -0.25) is 0 Å². The topological polar surface area (TPSA) is 67.2 Å². The summed E-state index contributed by atoms with van der Waals surface area (Å²) in [4.78, 5) is 0. The average Bonchev–Trinajstić information content (AvgIpc) is 2.27. The summed E-state index contributed by atoms with van der Waals surface area (Å²) in [6.45, 7) is 3.24. The molecule has 1 rings (SSSR count). The summed E-state index contributed by atoms with van der Waals surface area (Å²) in [5, 5.41) is 8.88. The quantitative estimate of drug-likeness (QED) is 0.635. The third-order valence-corrected chi connectivity index (χ3v) is 3.32. The van der Waals surface area contributed by atoms with E-state index in [9.17, 15) is 21.6 Å². The molecule has 19 heavy (non-hydrogen) atoms. The monoisotopic (exact) mass is 293 g/mol. The van der Waals surface area contributed by atoms with Gasteiger partial charge in [0, 0.05) is 0 Å². The van der Waals surface area contributed by atoms with Crippen LogP contribution in [0.4, 0.5) is 13.2 Å². The van der Waals surface area contributed by atoms with Gasteiger partial charge < -0.3 is 4.18 Å². The highest BCUT2D eigenvalue weighted by Gasteiger charge is 2.48. The Morgan fingerprint density at radius 1 is 1.16 bits per heavy atom. The van der Waals surface area contributed by atoms with Gasteiger partial charge in [-0.05, 0) is 31.5 Å². The lowest BCUT2D eigenvalue weighted by atomic mass is 9.86. The maximum Gasteiger partial charge on any atom is 0.534 e. The van der Waals surface area contributed by atoms with Crippen LogP contribution in [0.1, 0.15) is 19.4 Å². The highest BCUT2D eigenvalue weighted by atomic mass is 32.2. The maximum atomic E-state index is 12.1. The van der Waals surface area contributed by atoms with Crippen molar-refractivity contribution in [1.29, 1.82) is 5.26 Å². The van der Waals surface area contributed by atoms with Crippen LogP contribution in [0.2, 0.25) is 0 Å². The molecular formula is C11H10F3NO3S. The molecule has 0 aliphatic carbocycles. The Balaban J connectivity index is 3.01. The summed E-state index contributed by atoms with van der Waals surface area (Å²) in [6, 6.07) is 6.82. The lowest BCUT2D eigenvalue weighted by molar-refractivity contribution is -0.0500. The van der Waals surface area contributed by atoms with Gasteiger partial charge >= 0.3 is 15.6 Å². The second-order valence-electron chi connectivity index (χ2n) is 4.24. The smallest absolute Gasteiger partial charge is 0.376 e. The van der Waals surface area contributed by atoms with Crippen LogP contribution in [0.25, 0.3) is 0 Å². The molecule has 0 radical (unpaired) electrons. The molecule has 0 unspecified atom stereocenters. The van der Waals surface area contributed by atoms with E-state index in [2.05, 4.69) is 4.18 Å². The van der Waals surface area contributed by atoms with E-state index in [0.717, 1.165) is 12.1 Å². The fraction of sp³-hybridized carbons (Fsp3) is 0.364. The number of nitriles is 1. The van der Waals surface area contributed by atoms with Gasteiger partial charge in [0.25, 0.3) is 0 Å². The highest BCUT2D eigenvalue weighted by Crippen LogP contribution is 2.29. The van der Waals surface area contributed by atoms with Crippen molar-refractivity contribution in [3.05, 3.63) is 29.8 Å². The van der Waals surface area contributed by atoms with E-state index in [-0.39, 0.29) is 0 Å². The van der Waals surface area contributed by atoms with Crippen LogP contribution < -0.4 is 4.18 Å². The Morgan fingerprint density at radius 2 is 1.63 bits per heavy atom. The molecule has 0 saturated heterocycles. The minimum Gasteiger partial charge on any atom is -0.376 e. The fourth-order valence-corrected chi connectivity index (χ4v) is 1.62. The molecule has 0 atom stereocenters. The van der Waals surface area contributed by atoms with E-state index in [1.54, 1.807) is 13.8 Å². The van der Waals surface area contributed by atoms with E-state index in [0.29, 0.717) is 5.56 Å². The number of rotatable bonds is 3. The molecule has 8 heteroatoms. The Hall–Kier alpha value is -1.75. The zero-order chi connectivity index (χ0) is 14.9. The SMILES string of the molecule is CC(C)(C#N)c1ccc(OS(=O)(=O)C(F)(F)F)cc1. The molecule has 4 nitrogen and oxygen atoms in total. The first kappa shape index (κ1) is 15.3. The lowest BCUT2D eigenvalue weighted by Crippen LogP contribution is -2.28. The first-order chi connectivity index (χ1) is 8.49. The van der Waals surface area contributed by atoms with Crippen molar-refractivity contribution in [1.82, 2.24) is 0 Å². The summed E-state index contributed by atoms with van der Waals surface area (Å²) in [6.07, 6.45) is 0. The van der Waals surface area contributed by atoms with Crippen LogP contribution >= 0.6 is 0 Å². The van der Waals surface area contributed by atoms with Crippen molar-refractivity contribution in [2.24, 2.45) is 0 Å². The summed E-state index contributed by atoms with van der Waals surface area (Å²) in [7, 11) is -5.67. The Kier molecular flexibility index (Phi) is 3.82. The van der Waals surface area contributed by atoms with Gasteiger partial charge in [-0.25, -0.2) is 0 Å². The van der Waals surface area contributed by atoms with Crippen molar-refractivity contribution < 1.29 is 25.8 Å². The summed E-state index contributed by atoms with van der Waals surface area (Å²) >= 11 is 0. The van der Waals surface area contributed by atoms with Crippen molar-refractivity contribution >= 4 is 10.1 Å². The number of alkyl halides is 3. The number of nitrogens with zero attached hydrogens (tertiary/aromatic N) is 1. The number of halogens is 3. The normalized spacial score (nSPS) is 12.8. The van der Waals surface area contributed by atoms with Gasteiger partial charge in [0.2, 0.25) is 0 Å². The summed E-state index contributed by atoms with van der Waals surface area (Å²) in [5.41, 5.74) is -5.77. The molecule has 0 saturated carbocycles. The van der Waals surface area contributed by atoms with Crippen molar-refractivity contribution in [2.75, 3.05) is 0 Å². The predicted octanol–water partition coefficient (Wildman–Crippen LogP) is 2.72. The molecule has 1 aromatic carbocycles. The molecule has 104 valence electrons. The molecule has 0 aliphatic heterocycles. The fourth-order valence-electron chi connectivity index (χ4n) is 1.17. The first-order valence-corrected chi connectivity index (χ1v) is 6.43. The van der Waals surface area contributed by atoms with Crippen LogP contribution in [0.3, 0.4) is 0 Å². The first-order valence-electron chi connectivity index (χ1n) is 5.02. The van der Waals surface area contributed by atoms with E-state index in [1.807, 2.05) is 6.07 Å². The predicted molar refractivity (Wildman–Crippen MR) is 60.7 cm³/mol. The van der Waals surface area contributed by atoms with E-state index in [4.69, 9.17) is 5.26 Å².